The van der Waals surface area contributed by atoms with Crippen molar-refractivity contribution in [1.82, 2.24) is 15.6 Å². The van der Waals surface area contributed by atoms with Crippen LogP contribution in [0.5, 0.6) is 0 Å². The van der Waals surface area contributed by atoms with Crippen molar-refractivity contribution in [3.63, 3.8) is 0 Å². The third-order valence-corrected chi connectivity index (χ3v) is 3.83. The molecule has 0 spiro atoms. The van der Waals surface area contributed by atoms with Gasteiger partial charge in [0.15, 0.2) is 0 Å². The number of imide groups is 1. The number of thioether (sulfide) groups is 1. The van der Waals surface area contributed by atoms with E-state index in [4.69, 9.17) is 0 Å². The summed E-state index contributed by atoms with van der Waals surface area (Å²) in [5.41, 5.74) is 2.02. The first-order valence-electron chi connectivity index (χ1n) is 7.05. The Balaban J connectivity index is 1.97. The summed E-state index contributed by atoms with van der Waals surface area (Å²) < 4.78 is 0. The zero-order valence-corrected chi connectivity index (χ0v) is 13.7. The average Bonchev–Trinajstić information content (AvgIpc) is 2.44. The highest BCUT2D eigenvalue weighted by atomic mass is 32.2. The molecule has 0 aliphatic heterocycles. The Hall–Kier alpha value is -2.08. The van der Waals surface area contributed by atoms with Crippen molar-refractivity contribution in [1.29, 1.82) is 0 Å². The minimum Gasteiger partial charge on any atom is -0.336 e. The van der Waals surface area contributed by atoms with Gasteiger partial charge in [0.2, 0.25) is 5.91 Å². The molecule has 0 fully saturated rings. The number of nitrogens with one attached hydrogen (secondary N) is 2. The molecule has 0 saturated carbocycles. The molecule has 1 heterocycles. The molecule has 0 saturated heterocycles. The number of amides is 3. The van der Waals surface area contributed by atoms with Crippen LogP contribution < -0.4 is 10.6 Å². The van der Waals surface area contributed by atoms with Gasteiger partial charge >= 0.3 is 6.03 Å². The first-order chi connectivity index (χ1) is 10.5. The van der Waals surface area contributed by atoms with Crippen LogP contribution in [0.2, 0.25) is 0 Å². The number of carbonyl (C=O) groups is 2. The number of benzene rings is 1. The van der Waals surface area contributed by atoms with Crippen LogP contribution in [-0.4, -0.2) is 28.7 Å². The molecule has 0 unspecified atom stereocenters. The van der Waals surface area contributed by atoms with Gasteiger partial charge in [0.1, 0.15) is 0 Å². The maximum Gasteiger partial charge on any atom is 0.321 e. The van der Waals surface area contributed by atoms with E-state index in [0.29, 0.717) is 0 Å². The van der Waals surface area contributed by atoms with E-state index in [-0.39, 0.29) is 17.7 Å². The van der Waals surface area contributed by atoms with Crippen LogP contribution in [0, 0.1) is 6.92 Å². The summed E-state index contributed by atoms with van der Waals surface area (Å²) in [7, 11) is 0. The van der Waals surface area contributed by atoms with Gasteiger partial charge in [-0.2, -0.15) is 0 Å². The van der Waals surface area contributed by atoms with E-state index < -0.39 is 6.03 Å². The second-order valence-corrected chi connectivity index (χ2v) is 6.26. The van der Waals surface area contributed by atoms with Crippen LogP contribution in [0.3, 0.4) is 0 Å². The van der Waals surface area contributed by atoms with Crippen molar-refractivity contribution >= 4 is 34.6 Å². The van der Waals surface area contributed by atoms with Crippen LogP contribution >= 0.6 is 11.8 Å². The molecule has 0 aliphatic carbocycles. The van der Waals surface area contributed by atoms with Gasteiger partial charge in [-0.15, -0.1) is 0 Å². The molecule has 1 aromatic carbocycles. The second-order valence-electron chi connectivity index (χ2n) is 5.26. The molecule has 0 aliphatic rings. The number of urea groups is 1. The monoisotopic (exact) mass is 317 g/mol. The molecule has 116 valence electrons. The number of fused-ring (bicyclic) bond motifs is 1. The number of hydrogen-bond donors (Lipinski definition) is 2. The third kappa shape index (κ3) is 4.46. The van der Waals surface area contributed by atoms with Gasteiger partial charge in [0.05, 0.1) is 16.3 Å². The maximum absolute atomic E-state index is 11.7. The molecule has 3 amide bonds. The minimum absolute atomic E-state index is 0.00902. The van der Waals surface area contributed by atoms with Gasteiger partial charge in [-0.3, -0.25) is 10.1 Å². The molecule has 2 rings (SSSR count). The Bertz CT molecular complexity index is 701. The molecule has 2 N–H and O–H groups in total. The van der Waals surface area contributed by atoms with E-state index in [2.05, 4.69) is 15.6 Å². The third-order valence-electron chi connectivity index (χ3n) is 2.92. The smallest absolute Gasteiger partial charge is 0.321 e. The molecule has 0 atom stereocenters. The van der Waals surface area contributed by atoms with Crippen molar-refractivity contribution in [3.05, 3.63) is 35.9 Å². The minimum atomic E-state index is -0.469. The fourth-order valence-corrected chi connectivity index (χ4v) is 2.77. The highest BCUT2D eigenvalue weighted by molar-refractivity contribution is 7.99. The van der Waals surface area contributed by atoms with Crippen LogP contribution in [-0.2, 0) is 4.79 Å². The first-order valence-corrected chi connectivity index (χ1v) is 8.04. The summed E-state index contributed by atoms with van der Waals surface area (Å²) in [6.45, 7) is 5.69. The maximum atomic E-state index is 11.7. The Morgan fingerprint density at radius 2 is 2.00 bits per heavy atom. The van der Waals surface area contributed by atoms with E-state index in [1.165, 1.54) is 11.8 Å². The molecule has 0 radical (unpaired) electrons. The van der Waals surface area contributed by atoms with Crippen LogP contribution in [0.15, 0.2) is 35.4 Å². The quantitative estimate of drug-likeness (QED) is 0.851. The average molecular weight is 317 g/mol. The number of rotatable bonds is 4. The number of aryl methyl sites for hydroxylation is 1. The van der Waals surface area contributed by atoms with Gasteiger partial charge in [-0.25, -0.2) is 9.78 Å². The van der Waals surface area contributed by atoms with Crippen LogP contribution in [0.4, 0.5) is 4.79 Å². The molecular weight excluding hydrogens is 298 g/mol. The lowest BCUT2D eigenvalue weighted by molar-refractivity contribution is -0.117. The lowest BCUT2D eigenvalue weighted by atomic mass is 10.1. The molecule has 22 heavy (non-hydrogen) atoms. The molecule has 6 heteroatoms. The lowest BCUT2D eigenvalue weighted by Gasteiger charge is -2.09. The van der Waals surface area contributed by atoms with E-state index in [1.807, 2.05) is 51.1 Å². The van der Waals surface area contributed by atoms with Gasteiger partial charge in [0, 0.05) is 11.4 Å². The fourth-order valence-electron chi connectivity index (χ4n) is 1.99. The predicted molar refractivity (Wildman–Crippen MR) is 89.0 cm³/mol. The topological polar surface area (TPSA) is 71.1 Å². The van der Waals surface area contributed by atoms with Crippen LogP contribution in [0.25, 0.3) is 10.9 Å². The number of nitrogens with zero attached hydrogens (tertiary/aromatic N) is 1. The van der Waals surface area contributed by atoms with Gasteiger partial charge < -0.3 is 5.32 Å². The second kappa shape index (κ2) is 7.26. The summed E-state index contributed by atoms with van der Waals surface area (Å²) in [4.78, 5) is 27.7. The zero-order valence-electron chi connectivity index (χ0n) is 12.8. The SMILES string of the molecule is Cc1cc(SCC(=O)NC(=O)NC(C)C)nc2ccccc12. The number of carbonyl (C=O) groups excluding carboxylic acids is 2. The summed E-state index contributed by atoms with van der Waals surface area (Å²) >= 11 is 1.32. The zero-order chi connectivity index (χ0) is 16.1. The van der Waals surface area contributed by atoms with Crippen molar-refractivity contribution in [2.24, 2.45) is 0 Å². The van der Waals surface area contributed by atoms with Crippen molar-refractivity contribution in [2.75, 3.05) is 5.75 Å². The number of aromatic nitrogens is 1. The Kier molecular flexibility index (Phi) is 5.38. The van der Waals surface area contributed by atoms with Crippen LogP contribution in [0.1, 0.15) is 19.4 Å². The van der Waals surface area contributed by atoms with E-state index in [9.17, 15) is 9.59 Å². The molecule has 0 bridgehead atoms. The Morgan fingerprint density at radius 1 is 1.27 bits per heavy atom. The number of hydrogen-bond acceptors (Lipinski definition) is 4. The summed E-state index contributed by atoms with van der Waals surface area (Å²) in [5, 5.41) is 6.78. The highest BCUT2D eigenvalue weighted by Gasteiger charge is 2.10. The first kappa shape index (κ1) is 16.3. The molecule has 5 nitrogen and oxygen atoms in total. The largest absolute Gasteiger partial charge is 0.336 e. The standard InChI is InChI=1S/C16H19N3O2S/c1-10(2)17-16(21)19-14(20)9-22-15-8-11(3)12-6-4-5-7-13(12)18-15/h4-8,10H,9H2,1-3H3,(H2,17,19,20,21). The van der Waals surface area contributed by atoms with E-state index in [0.717, 1.165) is 21.5 Å². The highest BCUT2D eigenvalue weighted by Crippen LogP contribution is 2.23. The number of pyridine rings is 1. The lowest BCUT2D eigenvalue weighted by Crippen LogP contribution is -2.43. The normalized spacial score (nSPS) is 10.7. The fraction of sp³-hybridized carbons (Fsp3) is 0.312. The Labute approximate surface area is 133 Å². The number of para-hydroxylation sites is 1. The van der Waals surface area contributed by atoms with Crippen molar-refractivity contribution in [2.45, 2.75) is 31.8 Å². The molecular formula is C16H19N3O2S. The van der Waals surface area contributed by atoms with Crippen molar-refractivity contribution < 1.29 is 9.59 Å². The summed E-state index contributed by atoms with van der Waals surface area (Å²) in [6, 6.07) is 9.36. The van der Waals surface area contributed by atoms with Gasteiger partial charge in [0.25, 0.3) is 0 Å². The summed E-state index contributed by atoms with van der Waals surface area (Å²) in [6.07, 6.45) is 0. The summed E-state index contributed by atoms with van der Waals surface area (Å²) in [5.74, 6) is -0.188. The van der Waals surface area contributed by atoms with E-state index >= 15 is 0 Å². The van der Waals surface area contributed by atoms with E-state index in [1.54, 1.807) is 0 Å². The Morgan fingerprint density at radius 3 is 2.73 bits per heavy atom. The van der Waals surface area contributed by atoms with Gasteiger partial charge in [-0.05, 0) is 38.5 Å². The molecule has 1 aromatic heterocycles. The predicted octanol–water partition coefficient (Wildman–Crippen LogP) is 2.87. The van der Waals surface area contributed by atoms with Gasteiger partial charge in [-0.1, -0.05) is 30.0 Å². The molecule has 2 aromatic rings. The van der Waals surface area contributed by atoms with Crippen molar-refractivity contribution in [3.8, 4) is 0 Å².